The predicted octanol–water partition coefficient (Wildman–Crippen LogP) is 1.16. The Bertz CT molecular complexity index is 291. The summed E-state index contributed by atoms with van der Waals surface area (Å²) in [5.74, 6) is -0.0146. The average Bonchev–Trinajstić information content (AvgIpc) is 1.99. The fraction of sp³-hybridized carbons (Fsp3) is 1.00. The van der Waals surface area contributed by atoms with Crippen LogP contribution in [-0.2, 0) is 10.1 Å². The molecule has 3 N–H and O–H groups in total. The summed E-state index contributed by atoms with van der Waals surface area (Å²) >= 11 is 0. The third-order valence-electron chi connectivity index (χ3n) is 2.43. The molecule has 0 aliphatic carbocycles. The van der Waals surface area contributed by atoms with E-state index in [-0.39, 0.29) is 12.3 Å². The van der Waals surface area contributed by atoms with Crippen LogP contribution in [0.4, 0.5) is 0 Å². The normalized spacial score (nSPS) is 17.1. The molecule has 0 saturated carbocycles. The number of aliphatic hydroxyl groups is 2. The zero-order valence-corrected chi connectivity index (χ0v) is 10.9. The molecule has 2 atom stereocenters. The minimum atomic E-state index is -4.35. The maximum Gasteiger partial charge on any atom is 0.291 e. The standard InChI is InChI=1S/C10H22O5S/c1-8(5-4-6-10(2,3)12)7-9(11)16(13,14)15/h8-9,11-12H,4-7H2,1-3H3,(H,13,14,15)/t8-,9-/m1/s1. The molecule has 5 nitrogen and oxygen atoms in total. The Labute approximate surface area is 97.2 Å². The summed E-state index contributed by atoms with van der Waals surface area (Å²) in [7, 11) is -4.35. The van der Waals surface area contributed by atoms with E-state index in [1.165, 1.54) is 0 Å². The highest BCUT2D eigenvalue weighted by Gasteiger charge is 2.22. The largest absolute Gasteiger partial charge is 0.390 e. The number of aliphatic hydroxyl groups excluding tert-OH is 1. The fourth-order valence-electron chi connectivity index (χ4n) is 1.47. The minimum Gasteiger partial charge on any atom is -0.390 e. The summed E-state index contributed by atoms with van der Waals surface area (Å²) in [6.07, 6.45) is 2.10. The van der Waals surface area contributed by atoms with E-state index in [0.29, 0.717) is 12.8 Å². The minimum absolute atomic E-state index is 0.0146. The zero-order chi connectivity index (χ0) is 13.0. The molecule has 0 spiro atoms. The van der Waals surface area contributed by atoms with Crippen molar-refractivity contribution in [2.75, 3.05) is 0 Å². The van der Waals surface area contributed by atoms with Crippen LogP contribution in [0.25, 0.3) is 0 Å². The van der Waals surface area contributed by atoms with Crippen LogP contribution in [0, 0.1) is 5.92 Å². The van der Waals surface area contributed by atoms with Crippen molar-refractivity contribution >= 4 is 10.1 Å². The Kier molecular flexibility index (Phi) is 5.89. The lowest BCUT2D eigenvalue weighted by molar-refractivity contribution is 0.0664. The molecular formula is C10H22O5S. The van der Waals surface area contributed by atoms with Gasteiger partial charge in [0.25, 0.3) is 10.1 Å². The molecule has 0 heterocycles. The van der Waals surface area contributed by atoms with Crippen LogP contribution >= 0.6 is 0 Å². The van der Waals surface area contributed by atoms with Crippen molar-refractivity contribution in [1.82, 2.24) is 0 Å². The van der Waals surface area contributed by atoms with Crippen molar-refractivity contribution in [2.24, 2.45) is 5.92 Å². The van der Waals surface area contributed by atoms with Crippen molar-refractivity contribution in [1.29, 1.82) is 0 Å². The van der Waals surface area contributed by atoms with Gasteiger partial charge in [-0.2, -0.15) is 8.42 Å². The highest BCUT2D eigenvalue weighted by molar-refractivity contribution is 7.86. The molecule has 0 unspecified atom stereocenters. The van der Waals surface area contributed by atoms with Gasteiger partial charge in [-0.1, -0.05) is 19.8 Å². The van der Waals surface area contributed by atoms with Gasteiger partial charge in [0.1, 0.15) is 0 Å². The van der Waals surface area contributed by atoms with Crippen LogP contribution in [0.15, 0.2) is 0 Å². The second kappa shape index (κ2) is 5.95. The molecule has 98 valence electrons. The fourth-order valence-corrected chi connectivity index (χ4v) is 2.04. The molecule has 0 radical (unpaired) electrons. The second-order valence-electron chi connectivity index (χ2n) is 5.02. The van der Waals surface area contributed by atoms with Crippen LogP contribution in [-0.4, -0.2) is 34.2 Å². The quantitative estimate of drug-likeness (QED) is 0.593. The lowest BCUT2D eigenvalue weighted by Crippen LogP contribution is -2.23. The van der Waals surface area contributed by atoms with Gasteiger partial charge in [-0.3, -0.25) is 4.55 Å². The van der Waals surface area contributed by atoms with Crippen LogP contribution in [0.1, 0.15) is 46.5 Å². The Morgan fingerprint density at radius 2 is 1.81 bits per heavy atom. The van der Waals surface area contributed by atoms with Gasteiger partial charge in [-0.25, -0.2) is 0 Å². The summed E-state index contributed by atoms with van der Waals surface area (Å²) in [5.41, 5.74) is -2.42. The van der Waals surface area contributed by atoms with Gasteiger partial charge >= 0.3 is 0 Å². The van der Waals surface area contributed by atoms with E-state index in [0.717, 1.165) is 6.42 Å². The summed E-state index contributed by atoms with van der Waals surface area (Å²) < 4.78 is 29.7. The molecule has 6 heteroatoms. The van der Waals surface area contributed by atoms with Gasteiger partial charge in [0, 0.05) is 0 Å². The Balaban J connectivity index is 3.88. The van der Waals surface area contributed by atoms with Crippen LogP contribution in [0.5, 0.6) is 0 Å². The smallest absolute Gasteiger partial charge is 0.291 e. The van der Waals surface area contributed by atoms with Gasteiger partial charge in [-0.15, -0.1) is 0 Å². The maximum absolute atomic E-state index is 10.6. The molecule has 0 rings (SSSR count). The molecule has 0 fully saturated rings. The van der Waals surface area contributed by atoms with E-state index in [2.05, 4.69) is 0 Å². The molecule has 16 heavy (non-hydrogen) atoms. The monoisotopic (exact) mass is 254 g/mol. The van der Waals surface area contributed by atoms with Crippen LogP contribution in [0.2, 0.25) is 0 Å². The lowest BCUT2D eigenvalue weighted by Gasteiger charge is -2.19. The van der Waals surface area contributed by atoms with Crippen LogP contribution in [0.3, 0.4) is 0 Å². The van der Waals surface area contributed by atoms with Gasteiger partial charge in [0.15, 0.2) is 5.44 Å². The summed E-state index contributed by atoms with van der Waals surface area (Å²) in [6, 6.07) is 0. The van der Waals surface area contributed by atoms with E-state index in [9.17, 15) is 13.5 Å². The first-order valence-electron chi connectivity index (χ1n) is 5.39. The molecule has 0 saturated heterocycles. The Morgan fingerprint density at radius 1 is 1.31 bits per heavy atom. The van der Waals surface area contributed by atoms with Crippen molar-refractivity contribution in [3.63, 3.8) is 0 Å². The van der Waals surface area contributed by atoms with Gasteiger partial charge < -0.3 is 10.2 Å². The van der Waals surface area contributed by atoms with E-state index >= 15 is 0 Å². The average molecular weight is 254 g/mol. The number of rotatable bonds is 7. The molecule has 0 aromatic carbocycles. The SMILES string of the molecule is C[C@H](CCCC(C)(C)O)C[C@H](O)S(=O)(=O)O. The summed E-state index contributed by atoms with van der Waals surface area (Å²) in [5, 5.41) is 18.6. The first-order chi connectivity index (χ1) is 7.02. The zero-order valence-electron chi connectivity index (χ0n) is 10.0. The van der Waals surface area contributed by atoms with Gasteiger partial charge in [0.2, 0.25) is 0 Å². The number of hydrogen-bond donors (Lipinski definition) is 3. The third-order valence-corrected chi connectivity index (χ3v) is 3.31. The lowest BCUT2D eigenvalue weighted by atomic mass is 9.95. The van der Waals surface area contributed by atoms with Crippen molar-refractivity contribution in [3.05, 3.63) is 0 Å². The first kappa shape index (κ1) is 15.8. The highest BCUT2D eigenvalue weighted by Crippen LogP contribution is 2.19. The molecule has 0 bridgehead atoms. The van der Waals surface area contributed by atoms with E-state index in [1.54, 1.807) is 20.8 Å². The Morgan fingerprint density at radius 3 is 2.19 bits per heavy atom. The summed E-state index contributed by atoms with van der Waals surface area (Å²) in [6.45, 7) is 5.23. The van der Waals surface area contributed by atoms with Gasteiger partial charge in [0.05, 0.1) is 5.60 Å². The molecule has 0 amide bonds. The van der Waals surface area contributed by atoms with Crippen LogP contribution < -0.4 is 0 Å². The van der Waals surface area contributed by atoms with Crippen molar-refractivity contribution in [2.45, 2.75) is 57.5 Å². The van der Waals surface area contributed by atoms with Gasteiger partial charge in [-0.05, 0) is 32.6 Å². The second-order valence-corrected chi connectivity index (χ2v) is 6.59. The first-order valence-corrected chi connectivity index (χ1v) is 6.89. The van der Waals surface area contributed by atoms with Crippen molar-refractivity contribution in [3.8, 4) is 0 Å². The van der Waals surface area contributed by atoms with E-state index < -0.39 is 21.2 Å². The Hall–Kier alpha value is -0.170. The maximum atomic E-state index is 10.6. The third kappa shape index (κ3) is 8.04. The summed E-state index contributed by atoms with van der Waals surface area (Å²) in [4.78, 5) is 0. The molecule has 0 aromatic heterocycles. The van der Waals surface area contributed by atoms with Crippen molar-refractivity contribution < 1.29 is 23.2 Å². The van der Waals surface area contributed by atoms with E-state index in [4.69, 9.17) is 9.66 Å². The molecule has 0 aromatic rings. The van der Waals surface area contributed by atoms with E-state index in [1.807, 2.05) is 0 Å². The predicted molar refractivity (Wildman–Crippen MR) is 61.5 cm³/mol. The highest BCUT2D eigenvalue weighted by atomic mass is 32.2. The molecule has 0 aliphatic heterocycles. The molecular weight excluding hydrogens is 232 g/mol. The molecule has 0 aliphatic rings. The number of hydrogen-bond acceptors (Lipinski definition) is 4. The topological polar surface area (TPSA) is 94.8 Å².